The summed E-state index contributed by atoms with van der Waals surface area (Å²) < 4.78 is 16.0. The molecule has 1 fully saturated rings. The van der Waals surface area contributed by atoms with Crippen LogP contribution >= 0.6 is 12.2 Å². The van der Waals surface area contributed by atoms with Gasteiger partial charge >= 0.3 is 0 Å². The molecule has 0 aromatic heterocycles. The van der Waals surface area contributed by atoms with Gasteiger partial charge in [-0.2, -0.15) is 0 Å². The van der Waals surface area contributed by atoms with E-state index in [0.717, 1.165) is 11.3 Å². The lowest BCUT2D eigenvalue weighted by Gasteiger charge is -2.25. The predicted octanol–water partition coefficient (Wildman–Crippen LogP) is 1.11. The minimum Gasteiger partial charge on any atom is -0.491 e. The van der Waals surface area contributed by atoms with Gasteiger partial charge in [0.15, 0.2) is 0 Å². The molecule has 1 saturated heterocycles. The highest BCUT2D eigenvalue weighted by atomic mass is 32.1. The zero-order chi connectivity index (χ0) is 12.1. The van der Waals surface area contributed by atoms with Crippen LogP contribution in [0.25, 0.3) is 0 Å². The molecule has 0 atom stereocenters. The van der Waals surface area contributed by atoms with E-state index in [-0.39, 0.29) is 6.10 Å². The summed E-state index contributed by atoms with van der Waals surface area (Å²) in [5, 5.41) is 0. The summed E-state index contributed by atoms with van der Waals surface area (Å²) in [6.07, 6.45) is 0.246. The first-order valence-corrected chi connectivity index (χ1v) is 5.88. The van der Waals surface area contributed by atoms with Gasteiger partial charge in [-0.05, 0) is 24.3 Å². The van der Waals surface area contributed by atoms with Crippen LogP contribution in [0.1, 0.15) is 5.56 Å². The Kier molecular flexibility index (Phi) is 4.30. The fourth-order valence-corrected chi connectivity index (χ4v) is 1.54. The highest BCUT2D eigenvalue weighted by Crippen LogP contribution is 2.12. The topological polar surface area (TPSA) is 53.7 Å². The van der Waals surface area contributed by atoms with E-state index in [1.165, 1.54) is 0 Å². The van der Waals surface area contributed by atoms with E-state index in [1.807, 2.05) is 24.3 Å². The number of ether oxygens (including phenoxy) is 3. The van der Waals surface area contributed by atoms with Crippen LogP contribution in [0.5, 0.6) is 5.75 Å². The van der Waals surface area contributed by atoms with Crippen LogP contribution in [0.4, 0.5) is 0 Å². The first-order valence-electron chi connectivity index (χ1n) is 5.48. The van der Waals surface area contributed by atoms with Crippen molar-refractivity contribution in [2.75, 3.05) is 26.4 Å². The number of hydrogen-bond acceptors (Lipinski definition) is 4. The third kappa shape index (κ3) is 3.66. The van der Waals surface area contributed by atoms with Crippen molar-refractivity contribution in [3.05, 3.63) is 29.8 Å². The summed E-state index contributed by atoms with van der Waals surface area (Å²) in [5.41, 5.74) is 6.34. The Morgan fingerprint density at radius 2 is 2.00 bits per heavy atom. The van der Waals surface area contributed by atoms with Gasteiger partial charge in [0.25, 0.3) is 0 Å². The van der Waals surface area contributed by atoms with Crippen LogP contribution in [-0.2, 0) is 9.47 Å². The molecular formula is C12H15NO3S. The number of thiocarbonyl (C=S) groups is 1. The van der Waals surface area contributed by atoms with Crippen molar-refractivity contribution in [3.63, 3.8) is 0 Å². The SMILES string of the molecule is NC(=S)c1ccc(OCCOC2COC2)cc1. The molecule has 2 rings (SSSR count). The number of nitrogens with two attached hydrogens (primary N) is 1. The summed E-state index contributed by atoms with van der Waals surface area (Å²) in [7, 11) is 0. The molecule has 1 aliphatic heterocycles. The Morgan fingerprint density at radius 1 is 1.29 bits per heavy atom. The number of rotatable bonds is 6. The Balaban J connectivity index is 1.69. The second-order valence-corrected chi connectivity index (χ2v) is 4.21. The molecule has 4 nitrogen and oxygen atoms in total. The van der Waals surface area contributed by atoms with Gasteiger partial charge in [0.2, 0.25) is 0 Å². The van der Waals surface area contributed by atoms with Crippen molar-refractivity contribution in [1.82, 2.24) is 0 Å². The van der Waals surface area contributed by atoms with E-state index >= 15 is 0 Å². The minimum absolute atomic E-state index is 0.246. The molecule has 17 heavy (non-hydrogen) atoms. The number of benzene rings is 1. The molecule has 5 heteroatoms. The maximum atomic E-state index is 5.51. The van der Waals surface area contributed by atoms with Gasteiger partial charge in [-0.1, -0.05) is 12.2 Å². The summed E-state index contributed by atoms with van der Waals surface area (Å²) in [5.74, 6) is 0.790. The molecule has 1 heterocycles. The molecule has 1 aromatic carbocycles. The molecule has 92 valence electrons. The molecule has 0 radical (unpaired) electrons. The fourth-order valence-electron chi connectivity index (χ4n) is 1.40. The van der Waals surface area contributed by atoms with Crippen LogP contribution in [0, 0.1) is 0 Å². The molecule has 0 bridgehead atoms. The molecule has 0 saturated carbocycles. The van der Waals surface area contributed by atoms with Crippen LogP contribution in [0.15, 0.2) is 24.3 Å². The third-order valence-corrected chi connectivity index (χ3v) is 2.69. The highest BCUT2D eigenvalue weighted by molar-refractivity contribution is 7.80. The lowest BCUT2D eigenvalue weighted by Crippen LogP contribution is -2.37. The van der Waals surface area contributed by atoms with E-state index in [4.69, 9.17) is 32.2 Å². The second-order valence-electron chi connectivity index (χ2n) is 3.77. The van der Waals surface area contributed by atoms with Gasteiger partial charge in [-0.15, -0.1) is 0 Å². The van der Waals surface area contributed by atoms with Gasteiger partial charge in [0.05, 0.1) is 19.8 Å². The molecule has 1 aromatic rings. The minimum atomic E-state index is 0.246. The molecular weight excluding hydrogens is 238 g/mol. The Labute approximate surface area is 106 Å². The quantitative estimate of drug-likeness (QED) is 0.608. The summed E-state index contributed by atoms with van der Waals surface area (Å²) >= 11 is 4.87. The first kappa shape index (κ1) is 12.3. The zero-order valence-corrected chi connectivity index (χ0v) is 10.2. The maximum absolute atomic E-state index is 5.51. The van der Waals surface area contributed by atoms with Crippen molar-refractivity contribution in [2.45, 2.75) is 6.10 Å². The van der Waals surface area contributed by atoms with E-state index in [1.54, 1.807) is 0 Å². The normalized spacial score (nSPS) is 15.3. The van der Waals surface area contributed by atoms with Crippen LogP contribution in [0.3, 0.4) is 0 Å². The van der Waals surface area contributed by atoms with Crippen molar-refractivity contribution < 1.29 is 14.2 Å². The largest absolute Gasteiger partial charge is 0.491 e. The molecule has 0 spiro atoms. The smallest absolute Gasteiger partial charge is 0.119 e. The summed E-state index contributed by atoms with van der Waals surface area (Å²) in [6.45, 7) is 2.50. The van der Waals surface area contributed by atoms with E-state index in [0.29, 0.717) is 31.4 Å². The zero-order valence-electron chi connectivity index (χ0n) is 9.43. The molecule has 2 N–H and O–H groups in total. The van der Waals surface area contributed by atoms with Crippen molar-refractivity contribution >= 4 is 17.2 Å². The van der Waals surface area contributed by atoms with Crippen LogP contribution in [-0.4, -0.2) is 37.5 Å². The highest BCUT2D eigenvalue weighted by Gasteiger charge is 2.18. The average Bonchev–Trinajstić information content (AvgIpc) is 2.27. The lowest BCUT2D eigenvalue weighted by atomic mass is 10.2. The van der Waals surface area contributed by atoms with Gasteiger partial charge in [0.1, 0.15) is 23.4 Å². The van der Waals surface area contributed by atoms with E-state index < -0.39 is 0 Å². The molecule has 0 unspecified atom stereocenters. The van der Waals surface area contributed by atoms with Crippen molar-refractivity contribution in [2.24, 2.45) is 5.73 Å². The fraction of sp³-hybridized carbons (Fsp3) is 0.417. The standard InChI is InChI=1S/C12H15NO3S/c13-12(17)9-1-3-10(4-2-9)15-5-6-16-11-7-14-8-11/h1-4,11H,5-8H2,(H2,13,17). The van der Waals surface area contributed by atoms with Gasteiger partial charge in [-0.25, -0.2) is 0 Å². The molecule has 0 aliphatic carbocycles. The lowest BCUT2D eigenvalue weighted by molar-refractivity contribution is -0.132. The predicted molar refractivity (Wildman–Crippen MR) is 68.4 cm³/mol. The van der Waals surface area contributed by atoms with E-state index in [9.17, 15) is 0 Å². The van der Waals surface area contributed by atoms with E-state index in [2.05, 4.69) is 0 Å². The van der Waals surface area contributed by atoms with Gasteiger partial charge < -0.3 is 19.9 Å². The summed E-state index contributed by atoms with van der Waals surface area (Å²) in [4.78, 5) is 0.393. The van der Waals surface area contributed by atoms with Crippen LogP contribution in [0.2, 0.25) is 0 Å². The van der Waals surface area contributed by atoms with Gasteiger partial charge in [0, 0.05) is 5.56 Å². The Morgan fingerprint density at radius 3 is 2.53 bits per heavy atom. The summed E-state index contributed by atoms with van der Waals surface area (Å²) in [6, 6.07) is 7.39. The Hall–Kier alpha value is -1.17. The third-order valence-electron chi connectivity index (χ3n) is 2.45. The molecule has 1 aliphatic rings. The monoisotopic (exact) mass is 253 g/mol. The molecule has 0 amide bonds. The second kappa shape index (κ2) is 5.95. The number of hydrogen-bond donors (Lipinski definition) is 1. The Bertz CT molecular complexity index is 376. The maximum Gasteiger partial charge on any atom is 0.119 e. The first-order chi connectivity index (χ1) is 8.25. The van der Waals surface area contributed by atoms with Crippen LogP contribution < -0.4 is 10.5 Å². The van der Waals surface area contributed by atoms with Crippen molar-refractivity contribution in [3.8, 4) is 5.75 Å². The van der Waals surface area contributed by atoms with Crippen molar-refractivity contribution in [1.29, 1.82) is 0 Å². The van der Waals surface area contributed by atoms with Gasteiger partial charge in [-0.3, -0.25) is 0 Å². The average molecular weight is 253 g/mol.